The molecule has 1 aromatic carbocycles. The Morgan fingerprint density at radius 1 is 1.22 bits per heavy atom. The van der Waals surface area contributed by atoms with Crippen LogP contribution in [-0.4, -0.2) is 65.2 Å². The molecular weight excluding hydrogens is 490 g/mol. The van der Waals surface area contributed by atoms with E-state index < -0.39 is 0 Å². The van der Waals surface area contributed by atoms with Crippen LogP contribution >= 0.6 is 11.3 Å². The zero-order valence-corrected chi connectivity index (χ0v) is 21.6. The summed E-state index contributed by atoms with van der Waals surface area (Å²) in [5.74, 6) is 1.19. The van der Waals surface area contributed by atoms with E-state index in [2.05, 4.69) is 11.0 Å². The largest absolute Gasteiger partial charge is 0.463 e. The van der Waals surface area contributed by atoms with E-state index in [1.165, 1.54) is 6.08 Å². The highest BCUT2D eigenvalue weighted by Gasteiger charge is 2.23. The first-order chi connectivity index (χ1) is 18.2. The lowest BCUT2D eigenvalue weighted by Gasteiger charge is -2.28. The van der Waals surface area contributed by atoms with Crippen molar-refractivity contribution in [3.63, 3.8) is 0 Å². The highest BCUT2D eigenvalue weighted by Crippen LogP contribution is 2.37. The zero-order chi connectivity index (χ0) is 25.2. The predicted octanol–water partition coefficient (Wildman–Crippen LogP) is 4.82. The highest BCUT2D eigenvalue weighted by atomic mass is 32.1. The number of nitrogens with zero attached hydrogens (tertiary/aromatic N) is 5. The molecular formula is C27H29N5O4S. The van der Waals surface area contributed by atoms with Gasteiger partial charge in [-0.25, -0.2) is 19.4 Å². The third-order valence-electron chi connectivity index (χ3n) is 6.66. The Morgan fingerprint density at radius 3 is 2.92 bits per heavy atom. The van der Waals surface area contributed by atoms with E-state index >= 15 is 0 Å². The molecule has 2 saturated heterocycles. The zero-order valence-electron chi connectivity index (χ0n) is 20.8. The second-order valence-corrected chi connectivity index (χ2v) is 10.2. The van der Waals surface area contributed by atoms with Crippen molar-refractivity contribution in [2.45, 2.75) is 32.4 Å². The summed E-state index contributed by atoms with van der Waals surface area (Å²) in [6, 6.07) is 8.16. The Balaban J connectivity index is 1.44. The maximum absolute atomic E-state index is 11.9. The minimum atomic E-state index is -0.356. The van der Waals surface area contributed by atoms with Crippen LogP contribution in [0.3, 0.4) is 0 Å². The van der Waals surface area contributed by atoms with Crippen LogP contribution in [0.1, 0.15) is 37.3 Å². The number of hydrogen-bond donors (Lipinski definition) is 0. The number of ether oxygens (including phenoxy) is 3. The van der Waals surface area contributed by atoms with Crippen LogP contribution in [0.4, 0.5) is 5.82 Å². The SMILES string of the molecule is CCOC(=O)/C=C/c1cc2nc(-c3cccc4c3cnn4C3CCCCO3)nc(N3CCOCC3)c2s1. The molecule has 2 aliphatic heterocycles. The average molecular weight is 520 g/mol. The molecule has 1 atom stereocenters. The van der Waals surface area contributed by atoms with Crippen LogP contribution in [0.2, 0.25) is 0 Å². The Bertz CT molecular complexity index is 1450. The molecule has 2 fully saturated rings. The van der Waals surface area contributed by atoms with Crippen molar-refractivity contribution in [2.75, 3.05) is 44.4 Å². The van der Waals surface area contributed by atoms with Crippen LogP contribution in [0.5, 0.6) is 0 Å². The highest BCUT2D eigenvalue weighted by molar-refractivity contribution is 7.20. The third kappa shape index (κ3) is 4.84. The molecule has 0 N–H and O–H groups in total. The molecule has 6 rings (SSSR count). The monoisotopic (exact) mass is 519 g/mol. The van der Waals surface area contributed by atoms with Crippen LogP contribution in [-0.2, 0) is 19.0 Å². The van der Waals surface area contributed by atoms with Crippen molar-refractivity contribution in [1.82, 2.24) is 19.7 Å². The summed E-state index contributed by atoms with van der Waals surface area (Å²) in [5, 5.41) is 5.70. The van der Waals surface area contributed by atoms with Gasteiger partial charge in [0.25, 0.3) is 0 Å². The van der Waals surface area contributed by atoms with Crippen molar-refractivity contribution < 1.29 is 19.0 Å². The van der Waals surface area contributed by atoms with Crippen LogP contribution in [0.15, 0.2) is 36.5 Å². The van der Waals surface area contributed by atoms with E-state index in [0.717, 1.165) is 76.3 Å². The smallest absolute Gasteiger partial charge is 0.330 e. The minimum absolute atomic E-state index is 0.0422. The normalized spacial score (nSPS) is 18.7. The summed E-state index contributed by atoms with van der Waals surface area (Å²) < 4.78 is 19.6. The fourth-order valence-electron chi connectivity index (χ4n) is 4.88. The van der Waals surface area contributed by atoms with Gasteiger partial charge in [-0.3, -0.25) is 0 Å². The van der Waals surface area contributed by atoms with E-state index in [0.29, 0.717) is 25.6 Å². The standard InChI is InChI=1S/C27H29N5O4S/c1-2-35-24(33)10-9-18-16-21-25(37-18)27(31-11-14-34-15-12-31)30-26(29-21)19-6-5-7-22-20(19)17-28-32(22)23-8-3-4-13-36-23/h5-7,9-10,16-17,23H,2-4,8,11-15H2,1H3/b10-9+. The molecule has 0 bridgehead atoms. The molecule has 0 amide bonds. The van der Waals surface area contributed by atoms with Crippen LogP contribution in [0, 0.1) is 0 Å². The molecule has 5 heterocycles. The molecule has 0 radical (unpaired) electrons. The first kappa shape index (κ1) is 24.0. The summed E-state index contributed by atoms with van der Waals surface area (Å²) in [5.41, 5.74) is 2.80. The van der Waals surface area contributed by atoms with E-state index in [9.17, 15) is 4.79 Å². The fourth-order valence-corrected chi connectivity index (χ4v) is 5.90. The lowest BCUT2D eigenvalue weighted by Crippen LogP contribution is -2.36. The molecule has 37 heavy (non-hydrogen) atoms. The first-order valence-corrected chi connectivity index (χ1v) is 13.6. The maximum Gasteiger partial charge on any atom is 0.330 e. The van der Waals surface area contributed by atoms with E-state index in [4.69, 9.17) is 29.3 Å². The van der Waals surface area contributed by atoms with Gasteiger partial charge in [0.1, 0.15) is 0 Å². The van der Waals surface area contributed by atoms with Gasteiger partial charge >= 0.3 is 5.97 Å². The van der Waals surface area contributed by atoms with Crippen molar-refractivity contribution >= 4 is 50.3 Å². The topological polar surface area (TPSA) is 91.6 Å². The number of aromatic nitrogens is 4. The van der Waals surface area contributed by atoms with Gasteiger partial charge in [-0.1, -0.05) is 12.1 Å². The Morgan fingerprint density at radius 2 is 2.11 bits per heavy atom. The Kier molecular flexibility index (Phi) is 6.86. The number of rotatable bonds is 6. The molecule has 192 valence electrons. The number of anilines is 1. The van der Waals surface area contributed by atoms with Gasteiger partial charge in [-0.15, -0.1) is 11.3 Å². The molecule has 2 aliphatic rings. The number of benzene rings is 1. The average Bonchev–Trinajstić information content (AvgIpc) is 3.57. The summed E-state index contributed by atoms with van der Waals surface area (Å²) in [6.07, 6.45) is 8.28. The lowest BCUT2D eigenvalue weighted by molar-refractivity contribution is -0.137. The van der Waals surface area contributed by atoms with Crippen molar-refractivity contribution in [2.24, 2.45) is 0 Å². The molecule has 1 unspecified atom stereocenters. The van der Waals surface area contributed by atoms with Crippen molar-refractivity contribution in [3.05, 3.63) is 41.4 Å². The van der Waals surface area contributed by atoms with Gasteiger partial charge in [0, 0.05) is 41.6 Å². The second-order valence-electron chi connectivity index (χ2n) is 9.07. The number of carbonyl (C=O) groups is 1. The Labute approximate surface area is 218 Å². The van der Waals surface area contributed by atoms with Gasteiger partial charge in [0.15, 0.2) is 17.9 Å². The number of fused-ring (bicyclic) bond motifs is 2. The fraction of sp³-hybridized carbons (Fsp3) is 0.407. The van der Waals surface area contributed by atoms with E-state index in [1.54, 1.807) is 24.3 Å². The second kappa shape index (κ2) is 10.6. The third-order valence-corrected chi connectivity index (χ3v) is 7.75. The lowest BCUT2D eigenvalue weighted by atomic mass is 10.1. The van der Waals surface area contributed by atoms with Gasteiger partial charge < -0.3 is 19.1 Å². The van der Waals surface area contributed by atoms with Gasteiger partial charge in [-0.2, -0.15) is 5.10 Å². The van der Waals surface area contributed by atoms with Crippen molar-refractivity contribution in [3.8, 4) is 11.4 Å². The molecule has 9 nitrogen and oxygen atoms in total. The maximum atomic E-state index is 11.9. The number of carbonyl (C=O) groups excluding carboxylic acids is 1. The predicted molar refractivity (Wildman–Crippen MR) is 144 cm³/mol. The number of hydrogen-bond acceptors (Lipinski definition) is 9. The van der Waals surface area contributed by atoms with Gasteiger partial charge in [0.05, 0.1) is 41.8 Å². The van der Waals surface area contributed by atoms with E-state index in [-0.39, 0.29) is 12.2 Å². The number of morpholine rings is 1. The van der Waals surface area contributed by atoms with Crippen LogP contribution < -0.4 is 4.90 Å². The molecule has 10 heteroatoms. The number of thiophene rings is 1. The summed E-state index contributed by atoms with van der Waals surface area (Å²) in [4.78, 5) is 25.1. The summed E-state index contributed by atoms with van der Waals surface area (Å²) in [6.45, 7) is 5.75. The quantitative estimate of drug-likeness (QED) is 0.265. The molecule has 0 aliphatic carbocycles. The number of esters is 1. The Hall–Kier alpha value is -3.34. The van der Waals surface area contributed by atoms with Gasteiger partial charge in [0.2, 0.25) is 0 Å². The van der Waals surface area contributed by atoms with Crippen LogP contribution in [0.25, 0.3) is 38.6 Å². The molecule has 3 aromatic heterocycles. The molecule has 4 aromatic rings. The molecule has 0 spiro atoms. The first-order valence-electron chi connectivity index (χ1n) is 12.8. The van der Waals surface area contributed by atoms with Gasteiger partial charge in [-0.05, 0) is 44.4 Å². The minimum Gasteiger partial charge on any atom is -0.463 e. The summed E-state index contributed by atoms with van der Waals surface area (Å²) >= 11 is 1.57. The van der Waals surface area contributed by atoms with Crippen molar-refractivity contribution in [1.29, 1.82) is 0 Å². The van der Waals surface area contributed by atoms with E-state index in [1.807, 2.05) is 29.1 Å². The summed E-state index contributed by atoms with van der Waals surface area (Å²) in [7, 11) is 0. The molecule has 0 saturated carbocycles.